The molecule has 3 fully saturated rings. The molecule has 2 atom stereocenters. The fraction of sp³-hybridized carbons (Fsp3) is 0.583. The molecule has 0 spiro atoms. The number of aromatic nitrogens is 2. The van der Waals surface area contributed by atoms with Gasteiger partial charge in [-0.25, -0.2) is 18.4 Å². The van der Waals surface area contributed by atoms with Crippen molar-refractivity contribution in [3.63, 3.8) is 0 Å². The Bertz CT molecular complexity index is 995. The van der Waals surface area contributed by atoms with Gasteiger partial charge in [0.1, 0.15) is 0 Å². The SMILES string of the molecule is CS(=O)(=O)c1ccc(COC[C@@H]2C[C@@H]2C2CCN(c3ncc(C4CC4)cn3)CC2)cc1. The molecular weight excluding hydrogens is 410 g/mol. The van der Waals surface area contributed by atoms with Crippen molar-refractivity contribution in [2.24, 2.45) is 17.8 Å². The molecule has 2 saturated carbocycles. The zero-order valence-corrected chi connectivity index (χ0v) is 18.9. The van der Waals surface area contributed by atoms with Crippen LogP contribution in [0.1, 0.15) is 49.1 Å². The van der Waals surface area contributed by atoms with Gasteiger partial charge in [0.2, 0.25) is 5.95 Å². The molecule has 1 aromatic carbocycles. The third-order valence-electron chi connectivity index (χ3n) is 7.06. The fourth-order valence-corrected chi connectivity index (χ4v) is 5.48. The second-order valence-corrected chi connectivity index (χ2v) is 11.5. The van der Waals surface area contributed by atoms with Crippen LogP contribution in [0.25, 0.3) is 0 Å². The van der Waals surface area contributed by atoms with E-state index < -0.39 is 9.84 Å². The number of hydrogen-bond donors (Lipinski definition) is 0. The Kier molecular flexibility index (Phi) is 5.73. The molecule has 0 bridgehead atoms. The van der Waals surface area contributed by atoms with Crippen LogP contribution in [-0.2, 0) is 21.2 Å². The van der Waals surface area contributed by atoms with Crippen molar-refractivity contribution in [1.29, 1.82) is 0 Å². The second-order valence-electron chi connectivity index (χ2n) is 9.51. The number of hydrogen-bond acceptors (Lipinski definition) is 6. The first-order chi connectivity index (χ1) is 15.0. The van der Waals surface area contributed by atoms with Crippen molar-refractivity contribution in [2.45, 2.75) is 49.5 Å². The van der Waals surface area contributed by atoms with Crippen LogP contribution in [0.3, 0.4) is 0 Å². The van der Waals surface area contributed by atoms with Gasteiger partial charge in [0.05, 0.1) is 18.1 Å². The summed E-state index contributed by atoms with van der Waals surface area (Å²) in [4.78, 5) is 11.9. The summed E-state index contributed by atoms with van der Waals surface area (Å²) in [6.45, 7) is 3.43. The van der Waals surface area contributed by atoms with E-state index in [4.69, 9.17) is 4.74 Å². The van der Waals surface area contributed by atoms with Gasteiger partial charge in [-0.2, -0.15) is 0 Å². The van der Waals surface area contributed by atoms with E-state index in [2.05, 4.69) is 14.9 Å². The van der Waals surface area contributed by atoms with Crippen molar-refractivity contribution in [3.8, 4) is 0 Å². The van der Waals surface area contributed by atoms with Crippen LogP contribution in [0.15, 0.2) is 41.6 Å². The number of piperidine rings is 1. The highest BCUT2D eigenvalue weighted by atomic mass is 32.2. The maximum Gasteiger partial charge on any atom is 0.225 e. The maximum absolute atomic E-state index is 11.5. The van der Waals surface area contributed by atoms with Gasteiger partial charge < -0.3 is 9.64 Å². The highest BCUT2D eigenvalue weighted by Crippen LogP contribution is 2.48. The number of ether oxygens (including phenoxy) is 1. The molecule has 0 amide bonds. The molecular formula is C24H31N3O3S. The van der Waals surface area contributed by atoms with Crippen molar-refractivity contribution in [1.82, 2.24) is 9.97 Å². The van der Waals surface area contributed by atoms with Crippen LogP contribution >= 0.6 is 0 Å². The van der Waals surface area contributed by atoms with Crippen molar-refractivity contribution in [2.75, 3.05) is 30.9 Å². The van der Waals surface area contributed by atoms with Crippen LogP contribution in [0.2, 0.25) is 0 Å². The first-order valence-electron chi connectivity index (χ1n) is 11.4. The summed E-state index contributed by atoms with van der Waals surface area (Å²) in [5.74, 6) is 3.83. The lowest BCUT2D eigenvalue weighted by Crippen LogP contribution is -2.35. The number of sulfone groups is 1. The molecule has 0 N–H and O–H groups in total. The zero-order chi connectivity index (χ0) is 21.4. The molecule has 7 heteroatoms. The van der Waals surface area contributed by atoms with E-state index in [0.717, 1.165) is 43.0 Å². The minimum atomic E-state index is -3.14. The van der Waals surface area contributed by atoms with Crippen LogP contribution in [0.4, 0.5) is 5.95 Å². The standard InChI is InChI=1S/C24H31N3O3S/c1-31(28,29)22-6-2-17(3-7-22)15-30-16-20-12-23(20)19-8-10-27(11-9-19)24-25-13-21(14-26-24)18-4-5-18/h2-3,6-7,13-14,18-20,23H,4-5,8-12,15-16H2,1H3/t20-,23+/m0/s1. The number of rotatable bonds is 8. The van der Waals surface area contributed by atoms with Crippen molar-refractivity contribution < 1.29 is 13.2 Å². The van der Waals surface area contributed by atoms with Gasteiger partial charge in [0.15, 0.2) is 9.84 Å². The van der Waals surface area contributed by atoms with Crippen LogP contribution < -0.4 is 4.90 Å². The quantitative estimate of drug-likeness (QED) is 0.620. The van der Waals surface area contributed by atoms with Gasteiger partial charge in [-0.15, -0.1) is 0 Å². The molecule has 166 valence electrons. The number of anilines is 1. The molecule has 2 aromatic rings. The maximum atomic E-state index is 11.5. The van der Waals surface area contributed by atoms with Crippen molar-refractivity contribution in [3.05, 3.63) is 47.8 Å². The van der Waals surface area contributed by atoms with Gasteiger partial charge in [-0.05, 0) is 79.0 Å². The Labute approximate surface area is 185 Å². The van der Waals surface area contributed by atoms with E-state index in [1.54, 1.807) is 12.1 Å². The highest BCUT2D eigenvalue weighted by molar-refractivity contribution is 7.90. The van der Waals surface area contributed by atoms with Gasteiger partial charge in [0.25, 0.3) is 0 Å². The minimum Gasteiger partial charge on any atom is -0.376 e. The molecule has 2 heterocycles. The van der Waals surface area contributed by atoms with E-state index in [9.17, 15) is 8.42 Å². The highest BCUT2D eigenvalue weighted by Gasteiger charge is 2.43. The summed E-state index contributed by atoms with van der Waals surface area (Å²) in [5, 5.41) is 0. The molecule has 31 heavy (non-hydrogen) atoms. The summed E-state index contributed by atoms with van der Waals surface area (Å²) in [5.41, 5.74) is 2.32. The van der Waals surface area contributed by atoms with E-state index in [-0.39, 0.29) is 0 Å². The molecule has 1 aromatic heterocycles. The Morgan fingerprint density at radius 2 is 1.71 bits per heavy atom. The zero-order valence-electron chi connectivity index (χ0n) is 18.1. The lowest BCUT2D eigenvalue weighted by atomic mass is 9.91. The van der Waals surface area contributed by atoms with Crippen LogP contribution in [0, 0.1) is 17.8 Å². The lowest BCUT2D eigenvalue weighted by molar-refractivity contribution is 0.104. The third-order valence-corrected chi connectivity index (χ3v) is 8.19. The monoisotopic (exact) mass is 441 g/mol. The Balaban J connectivity index is 1.03. The lowest BCUT2D eigenvalue weighted by Gasteiger charge is -2.32. The summed E-state index contributed by atoms with van der Waals surface area (Å²) < 4.78 is 29.0. The Morgan fingerprint density at radius 3 is 2.32 bits per heavy atom. The molecule has 0 radical (unpaired) electrons. The third kappa shape index (κ3) is 5.09. The molecule has 1 aliphatic heterocycles. The molecule has 0 unspecified atom stereocenters. The first kappa shape index (κ1) is 20.9. The number of nitrogens with zero attached hydrogens (tertiary/aromatic N) is 3. The van der Waals surface area contributed by atoms with Gasteiger partial charge >= 0.3 is 0 Å². The van der Waals surface area contributed by atoms with E-state index in [1.807, 2.05) is 24.5 Å². The molecule has 3 aliphatic rings. The minimum absolute atomic E-state index is 0.356. The second kappa shape index (κ2) is 8.51. The largest absolute Gasteiger partial charge is 0.376 e. The first-order valence-corrected chi connectivity index (χ1v) is 13.3. The average Bonchev–Trinajstić information content (AvgIpc) is 3.69. The van der Waals surface area contributed by atoms with Crippen molar-refractivity contribution >= 4 is 15.8 Å². The summed E-state index contributed by atoms with van der Waals surface area (Å²) >= 11 is 0. The van der Waals surface area contributed by atoms with E-state index >= 15 is 0 Å². The van der Waals surface area contributed by atoms with Gasteiger partial charge in [0, 0.05) is 31.7 Å². The Morgan fingerprint density at radius 1 is 1.03 bits per heavy atom. The van der Waals surface area contributed by atoms with E-state index in [0.29, 0.717) is 23.3 Å². The fourth-order valence-electron chi connectivity index (χ4n) is 4.85. The van der Waals surface area contributed by atoms with Crippen LogP contribution in [0.5, 0.6) is 0 Å². The van der Waals surface area contributed by atoms with Gasteiger partial charge in [-0.1, -0.05) is 12.1 Å². The normalized spacial score (nSPS) is 24.4. The summed E-state index contributed by atoms with van der Waals surface area (Å²) in [6.07, 6.45) is 11.5. The molecule has 1 saturated heterocycles. The Hall–Kier alpha value is -1.99. The summed E-state index contributed by atoms with van der Waals surface area (Å²) in [7, 11) is -3.14. The molecule has 6 nitrogen and oxygen atoms in total. The van der Waals surface area contributed by atoms with E-state index in [1.165, 1.54) is 43.9 Å². The average molecular weight is 442 g/mol. The topological polar surface area (TPSA) is 72.4 Å². The smallest absolute Gasteiger partial charge is 0.225 e. The number of benzene rings is 1. The predicted octanol–water partition coefficient (Wildman–Crippen LogP) is 3.83. The predicted molar refractivity (Wildman–Crippen MR) is 120 cm³/mol. The molecule has 2 aliphatic carbocycles. The van der Waals surface area contributed by atoms with Gasteiger partial charge in [-0.3, -0.25) is 0 Å². The molecule has 5 rings (SSSR count). The van der Waals surface area contributed by atoms with Crippen LogP contribution in [-0.4, -0.2) is 44.3 Å². The summed E-state index contributed by atoms with van der Waals surface area (Å²) in [6, 6.07) is 7.00.